The molecule has 0 saturated heterocycles. The van der Waals surface area contributed by atoms with Crippen molar-refractivity contribution in [1.29, 1.82) is 0 Å². The number of nitrogens with zero attached hydrogens (tertiary/aromatic N) is 2. The molecule has 2 aliphatic rings. The van der Waals surface area contributed by atoms with Gasteiger partial charge in [0.2, 0.25) is 0 Å². The van der Waals surface area contributed by atoms with E-state index >= 15 is 0 Å². The van der Waals surface area contributed by atoms with Crippen LogP contribution < -0.4 is 0 Å². The Bertz CT molecular complexity index is 3150. The van der Waals surface area contributed by atoms with E-state index in [-0.39, 0.29) is 0 Å². The van der Waals surface area contributed by atoms with Gasteiger partial charge in [-0.25, -0.2) is 9.97 Å². The largest absolute Gasteiger partial charge is 0.228 e. The van der Waals surface area contributed by atoms with Gasteiger partial charge in [-0.3, -0.25) is 0 Å². The molecule has 0 fully saturated rings. The van der Waals surface area contributed by atoms with E-state index in [1.807, 2.05) is 24.3 Å². The number of hydrogen-bond donors (Lipinski definition) is 0. The van der Waals surface area contributed by atoms with E-state index in [4.69, 9.17) is 9.97 Å². The van der Waals surface area contributed by atoms with Gasteiger partial charge in [-0.1, -0.05) is 200 Å². The first kappa shape index (κ1) is 33.5. The summed E-state index contributed by atoms with van der Waals surface area (Å²) in [6.45, 7) is 0. The van der Waals surface area contributed by atoms with E-state index in [2.05, 4.69) is 194 Å². The van der Waals surface area contributed by atoms with Crippen LogP contribution in [-0.2, 0) is 5.41 Å². The first-order valence-electron chi connectivity index (χ1n) is 20.3. The van der Waals surface area contributed by atoms with Crippen LogP contribution in [0, 0.1) is 0 Å². The quantitative estimate of drug-likeness (QED) is 0.175. The average molecular weight is 749 g/mol. The summed E-state index contributed by atoms with van der Waals surface area (Å²) >= 11 is 0. The highest BCUT2D eigenvalue weighted by molar-refractivity contribution is 6.04. The fourth-order valence-electron chi connectivity index (χ4n) is 9.95. The zero-order chi connectivity index (χ0) is 38.9. The topological polar surface area (TPSA) is 25.8 Å². The molecule has 274 valence electrons. The van der Waals surface area contributed by atoms with Crippen LogP contribution >= 0.6 is 0 Å². The van der Waals surface area contributed by atoms with E-state index in [0.717, 1.165) is 33.6 Å². The van der Waals surface area contributed by atoms with Gasteiger partial charge < -0.3 is 0 Å². The first-order chi connectivity index (χ1) is 29.3. The van der Waals surface area contributed by atoms with Crippen LogP contribution in [0.1, 0.15) is 22.3 Å². The fourth-order valence-corrected chi connectivity index (χ4v) is 9.95. The van der Waals surface area contributed by atoms with Crippen LogP contribution in [0.5, 0.6) is 0 Å². The highest BCUT2D eigenvalue weighted by Crippen LogP contribution is 2.63. The number of rotatable bonds is 5. The average Bonchev–Trinajstić information content (AvgIpc) is 3.78. The molecule has 59 heavy (non-hydrogen) atoms. The molecule has 12 rings (SSSR count). The number of aromatic nitrogens is 2. The zero-order valence-electron chi connectivity index (χ0n) is 32.2. The molecule has 2 nitrogen and oxygen atoms in total. The Balaban J connectivity index is 1.10. The third kappa shape index (κ3) is 5.06. The molecule has 0 atom stereocenters. The predicted octanol–water partition coefficient (Wildman–Crippen LogP) is 14.3. The van der Waals surface area contributed by atoms with Gasteiger partial charge in [0.05, 0.1) is 16.8 Å². The van der Waals surface area contributed by atoms with E-state index in [1.165, 1.54) is 72.0 Å². The van der Waals surface area contributed by atoms with Crippen molar-refractivity contribution in [3.8, 4) is 78.4 Å². The summed E-state index contributed by atoms with van der Waals surface area (Å²) in [7, 11) is 0. The second-order valence-electron chi connectivity index (χ2n) is 15.6. The van der Waals surface area contributed by atoms with Crippen LogP contribution in [-0.4, -0.2) is 9.97 Å². The normalized spacial score (nSPS) is 12.9. The maximum atomic E-state index is 5.15. The van der Waals surface area contributed by atoms with Gasteiger partial charge in [-0.05, 0) is 95.7 Å². The SMILES string of the molecule is c1ccc(-c2cc(-c3ccc(-c4cc5c(cc4-c4cccc6ccccc46)-c4ccccc4C54c5ccccc5-c5ccccc54)cc3)nc(-c3ccccc3)n2)cc1. The standard InChI is InChI=1S/C57H36N2/c1-3-17-39(18-4-1)54-36-55(59-56(58-54)41-19-5-2-6-20-41)40-32-30-38(31-33-40)47-35-53-49(34-48(47)43-26-15-21-37-16-7-8-22-42(37)43)46-25-11-14-29-52(46)57(53)50-27-12-9-23-44(50)45-24-10-13-28-51(45)57/h1-36H. The van der Waals surface area contributed by atoms with Crippen LogP contribution in [0.25, 0.3) is 89.2 Å². The van der Waals surface area contributed by atoms with E-state index in [9.17, 15) is 0 Å². The van der Waals surface area contributed by atoms with Gasteiger partial charge in [0.25, 0.3) is 0 Å². The Morgan fingerprint density at radius 1 is 0.271 bits per heavy atom. The molecule has 0 unspecified atom stereocenters. The molecule has 1 heterocycles. The highest BCUT2D eigenvalue weighted by atomic mass is 14.9. The summed E-state index contributed by atoms with van der Waals surface area (Å²) in [6.07, 6.45) is 0. The number of benzene rings is 9. The monoisotopic (exact) mass is 748 g/mol. The lowest BCUT2D eigenvalue weighted by Crippen LogP contribution is -2.25. The summed E-state index contributed by atoms with van der Waals surface area (Å²) in [6, 6.07) is 79.4. The minimum absolute atomic E-state index is 0.437. The summed E-state index contributed by atoms with van der Waals surface area (Å²) in [5, 5.41) is 2.47. The molecule has 9 aromatic carbocycles. The van der Waals surface area contributed by atoms with Gasteiger partial charge in [-0.15, -0.1) is 0 Å². The van der Waals surface area contributed by atoms with Crippen molar-refractivity contribution in [3.63, 3.8) is 0 Å². The molecule has 0 radical (unpaired) electrons. The molecule has 1 aromatic heterocycles. The van der Waals surface area contributed by atoms with Gasteiger partial charge in [0.15, 0.2) is 5.82 Å². The molecule has 0 saturated carbocycles. The van der Waals surface area contributed by atoms with Crippen molar-refractivity contribution < 1.29 is 0 Å². The van der Waals surface area contributed by atoms with Gasteiger partial charge in [0, 0.05) is 16.7 Å². The Labute approximate surface area is 343 Å². The lowest BCUT2D eigenvalue weighted by molar-refractivity contribution is 0.794. The molecule has 2 aliphatic carbocycles. The van der Waals surface area contributed by atoms with Crippen LogP contribution in [0.4, 0.5) is 0 Å². The highest BCUT2D eigenvalue weighted by Gasteiger charge is 2.51. The van der Waals surface area contributed by atoms with Crippen LogP contribution in [0.3, 0.4) is 0 Å². The Morgan fingerprint density at radius 2 is 0.746 bits per heavy atom. The second-order valence-corrected chi connectivity index (χ2v) is 15.6. The molecule has 0 amide bonds. The first-order valence-corrected chi connectivity index (χ1v) is 20.3. The Hall–Kier alpha value is -7.68. The summed E-state index contributed by atoms with van der Waals surface area (Å²) in [4.78, 5) is 10.2. The molecular formula is C57H36N2. The minimum Gasteiger partial charge on any atom is -0.228 e. The molecule has 0 N–H and O–H groups in total. The number of hydrogen-bond acceptors (Lipinski definition) is 2. The molecule has 0 aliphatic heterocycles. The Kier molecular flexibility index (Phi) is 7.48. The molecule has 10 aromatic rings. The number of fused-ring (bicyclic) bond motifs is 11. The third-order valence-corrected chi connectivity index (χ3v) is 12.5. The Morgan fingerprint density at radius 3 is 1.39 bits per heavy atom. The summed E-state index contributed by atoms with van der Waals surface area (Å²) in [5.74, 6) is 0.713. The minimum atomic E-state index is -0.437. The van der Waals surface area contributed by atoms with Gasteiger partial charge in [0.1, 0.15) is 0 Å². The second kappa shape index (κ2) is 13.2. The van der Waals surface area contributed by atoms with Crippen molar-refractivity contribution in [1.82, 2.24) is 9.97 Å². The fraction of sp³-hybridized carbons (Fsp3) is 0.0175. The predicted molar refractivity (Wildman–Crippen MR) is 243 cm³/mol. The molecular weight excluding hydrogens is 713 g/mol. The molecule has 2 heteroatoms. The van der Waals surface area contributed by atoms with E-state index < -0.39 is 5.41 Å². The lowest BCUT2D eigenvalue weighted by atomic mass is 9.70. The summed E-state index contributed by atoms with van der Waals surface area (Å²) < 4.78 is 0. The third-order valence-electron chi connectivity index (χ3n) is 12.5. The van der Waals surface area contributed by atoms with Crippen LogP contribution in [0.2, 0.25) is 0 Å². The van der Waals surface area contributed by atoms with Crippen molar-refractivity contribution in [3.05, 3.63) is 241 Å². The maximum Gasteiger partial charge on any atom is 0.160 e. The molecule has 0 bridgehead atoms. The van der Waals surface area contributed by atoms with Gasteiger partial charge in [-0.2, -0.15) is 0 Å². The lowest BCUT2D eigenvalue weighted by Gasteiger charge is -2.31. The van der Waals surface area contributed by atoms with Crippen molar-refractivity contribution in [2.75, 3.05) is 0 Å². The van der Waals surface area contributed by atoms with Crippen LogP contribution in [0.15, 0.2) is 218 Å². The van der Waals surface area contributed by atoms with E-state index in [1.54, 1.807) is 0 Å². The zero-order valence-corrected chi connectivity index (χ0v) is 32.2. The van der Waals surface area contributed by atoms with Crippen molar-refractivity contribution in [2.45, 2.75) is 5.41 Å². The molecule has 1 spiro atoms. The van der Waals surface area contributed by atoms with Crippen molar-refractivity contribution in [2.24, 2.45) is 0 Å². The summed E-state index contributed by atoms with van der Waals surface area (Å²) in [5.41, 5.74) is 19.8. The van der Waals surface area contributed by atoms with Crippen molar-refractivity contribution >= 4 is 10.8 Å². The van der Waals surface area contributed by atoms with E-state index in [0.29, 0.717) is 5.82 Å². The smallest absolute Gasteiger partial charge is 0.160 e. The maximum absolute atomic E-state index is 5.15. The van der Waals surface area contributed by atoms with Gasteiger partial charge >= 0.3 is 0 Å².